The van der Waals surface area contributed by atoms with Gasteiger partial charge in [-0.3, -0.25) is 4.90 Å². The van der Waals surface area contributed by atoms with Gasteiger partial charge in [0, 0.05) is 37.8 Å². The van der Waals surface area contributed by atoms with Crippen molar-refractivity contribution in [2.45, 2.75) is 19.1 Å². The van der Waals surface area contributed by atoms with E-state index in [4.69, 9.17) is 9.47 Å². The van der Waals surface area contributed by atoms with Crippen molar-refractivity contribution in [1.82, 2.24) is 9.80 Å². The highest BCUT2D eigenvalue weighted by atomic mass is 16.5. The predicted molar refractivity (Wildman–Crippen MR) is 83.0 cm³/mol. The Morgan fingerprint density at radius 1 is 1.29 bits per heavy atom. The maximum atomic E-state index is 10.6. The lowest BCUT2D eigenvalue weighted by Gasteiger charge is -2.39. The number of hydrogen-bond donors (Lipinski definition) is 1. The minimum Gasteiger partial charge on any atom is -0.497 e. The van der Waals surface area contributed by atoms with Gasteiger partial charge in [-0.1, -0.05) is 0 Å². The zero-order chi connectivity index (χ0) is 15.4. The second-order valence-corrected chi connectivity index (χ2v) is 5.73. The van der Waals surface area contributed by atoms with E-state index in [2.05, 4.69) is 23.8 Å². The summed E-state index contributed by atoms with van der Waals surface area (Å²) in [7, 11) is 5.38. The molecule has 1 aromatic rings. The lowest BCUT2D eigenvalue weighted by Crippen LogP contribution is -2.51. The molecule has 5 heteroatoms. The topological polar surface area (TPSA) is 45.2 Å². The molecule has 1 aliphatic rings. The number of piperazine rings is 1. The van der Waals surface area contributed by atoms with E-state index in [0.717, 1.165) is 30.9 Å². The molecule has 0 unspecified atom stereocenters. The molecule has 1 aromatic carbocycles. The third-order valence-corrected chi connectivity index (χ3v) is 4.17. The quantitative estimate of drug-likeness (QED) is 0.889. The van der Waals surface area contributed by atoms with E-state index in [1.807, 2.05) is 18.2 Å². The molecule has 0 saturated carbocycles. The zero-order valence-corrected chi connectivity index (χ0v) is 13.4. The molecule has 0 aromatic heterocycles. The van der Waals surface area contributed by atoms with Gasteiger partial charge in [0.05, 0.1) is 20.3 Å². The minimum atomic E-state index is -0.582. The number of hydrogen-bond acceptors (Lipinski definition) is 5. The summed E-state index contributed by atoms with van der Waals surface area (Å²) in [5.41, 5.74) is 0.781. The number of aliphatic hydroxyl groups is 1. The van der Waals surface area contributed by atoms with Crippen LogP contribution in [0.15, 0.2) is 18.2 Å². The van der Waals surface area contributed by atoms with E-state index < -0.39 is 6.10 Å². The summed E-state index contributed by atoms with van der Waals surface area (Å²) in [5.74, 6) is 1.43. The van der Waals surface area contributed by atoms with Crippen LogP contribution in [0, 0.1) is 0 Å². The molecule has 0 amide bonds. The van der Waals surface area contributed by atoms with Crippen LogP contribution in [0.25, 0.3) is 0 Å². The number of methoxy groups -OCH3 is 2. The monoisotopic (exact) mass is 294 g/mol. The van der Waals surface area contributed by atoms with Crippen LogP contribution in [0.1, 0.15) is 18.6 Å². The van der Waals surface area contributed by atoms with Crippen LogP contribution >= 0.6 is 0 Å². The largest absolute Gasteiger partial charge is 0.497 e. The van der Waals surface area contributed by atoms with Crippen LogP contribution in [-0.2, 0) is 0 Å². The van der Waals surface area contributed by atoms with Gasteiger partial charge in [-0.2, -0.15) is 0 Å². The van der Waals surface area contributed by atoms with Crippen LogP contribution in [0.5, 0.6) is 11.5 Å². The summed E-state index contributed by atoms with van der Waals surface area (Å²) in [6, 6.07) is 5.97. The molecule has 2 rings (SSSR count). The Morgan fingerprint density at radius 3 is 2.67 bits per heavy atom. The number of rotatable bonds is 5. The summed E-state index contributed by atoms with van der Waals surface area (Å²) in [5, 5.41) is 10.6. The average molecular weight is 294 g/mol. The molecule has 0 radical (unpaired) electrons. The summed E-state index contributed by atoms with van der Waals surface area (Å²) >= 11 is 0. The van der Waals surface area contributed by atoms with Gasteiger partial charge in [0.2, 0.25) is 0 Å². The first-order valence-electron chi connectivity index (χ1n) is 7.37. The molecule has 1 N–H and O–H groups in total. The molecule has 21 heavy (non-hydrogen) atoms. The van der Waals surface area contributed by atoms with Crippen molar-refractivity contribution in [3.05, 3.63) is 23.8 Å². The number of benzene rings is 1. The molecule has 1 fully saturated rings. The molecule has 1 saturated heterocycles. The van der Waals surface area contributed by atoms with Crippen LogP contribution < -0.4 is 9.47 Å². The minimum absolute atomic E-state index is 0.440. The number of likely N-dealkylation sites (N-methyl/N-ethyl adjacent to an activating group) is 1. The smallest absolute Gasteiger partial charge is 0.124 e. The van der Waals surface area contributed by atoms with E-state index >= 15 is 0 Å². The van der Waals surface area contributed by atoms with Gasteiger partial charge in [0.15, 0.2) is 0 Å². The molecule has 1 aliphatic heterocycles. The van der Waals surface area contributed by atoms with Gasteiger partial charge in [-0.15, -0.1) is 0 Å². The van der Waals surface area contributed by atoms with Gasteiger partial charge < -0.3 is 19.5 Å². The Hall–Kier alpha value is -1.30. The summed E-state index contributed by atoms with van der Waals surface area (Å²) < 4.78 is 10.6. The molecule has 0 bridgehead atoms. The average Bonchev–Trinajstić information content (AvgIpc) is 2.49. The second kappa shape index (κ2) is 7.11. The number of nitrogens with zero attached hydrogens (tertiary/aromatic N) is 2. The highest BCUT2D eigenvalue weighted by Crippen LogP contribution is 2.30. The maximum Gasteiger partial charge on any atom is 0.124 e. The summed E-state index contributed by atoms with van der Waals surface area (Å²) in [4.78, 5) is 4.64. The van der Waals surface area contributed by atoms with Gasteiger partial charge in [-0.05, 0) is 32.2 Å². The van der Waals surface area contributed by atoms with E-state index in [0.29, 0.717) is 18.3 Å². The SMILES string of the molecule is COc1ccc(OC)c([C@H](O)CN2CCN(C)C[C@@H]2C)c1. The Morgan fingerprint density at radius 2 is 2.05 bits per heavy atom. The van der Waals surface area contributed by atoms with Crippen molar-refractivity contribution in [2.75, 3.05) is 47.4 Å². The third kappa shape index (κ3) is 3.87. The van der Waals surface area contributed by atoms with Crippen molar-refractivity contribution < 1.29 is 14.6 Å². The van der Waals surface area contributed by atoms with Gasteiger partial charge in [0.25, 0.3) is 0 Å². The van der Waals surface area contributed by atoms with Gasteiger partial charge >= 0.3 is 0 Å². The fraction of sp³-hybridized carbons (Fsp3) is 0.625. The lowest BCUT2D eigenvalue weighted by atomic mass is 10.1. The third-order valence-electron chi connectivity index (χ3n) is 4.17. The van der Waals surface area contributed by atoms with Crippen molar-refractivity contribution in [2.24, 2.45) is 0 Å². The number of aliphatic hydroxyl groups excluding tert-OH is 1. The Bertz CT molecular complexity index is 467. The Balaban J connectivity index is 2.10. The summed E-state index contributed by atoms with van der Waals surface area (Å²) in [6.07, 6.45) is -0.582. The first-order valence-corrected chi connectivity index (χ1v) is 7.37. The second-order valence-electron chi connectivity index (χ2n) is 5.73. The Kier molecular flexibility index (Phi) is 5.45. The van der Waals surface area contributed by atoms with Gasteiger partial charge in [-0.25, -0.2) is 0 Å². The highest BCUT2D eigenvalue weighted by molar-refractivity contribution is 5.41. The van der Waals surface area contributed by atoms with E-state index in [-0.39, 0.29) is 0 Å². The number of ether oxygens (including phenoxy) is 2. The van der Waals surface area contributed by atoms with Crippen molar-refractivity contribution in [1.29, 1.82) is 0 Å². The van der Waals surface area contributed by atoms with E-state index in [1.54, 1.807) is 14.2 Å². The van der Waals surface area contributed by atoms with Crippen molar-refractivity contribution in [3.8, 4) is 11.5 Å². The predicted octanol–water partition coefficient (Wildman–Crippen LogP) is 1.37. The fourth-order valence-corrected chi connectivity index (χ4v) is 2.87. The van der Waals surface area contributed by atoms with E-state index in [9.17, 15) is 5.11 Å². The first kappa shape index (κ1) is 16.1. The van der Waals surface area contributed by atoms with Gasteiger partial charge in [0.1, 0.15) is 11.5 Å². The van der Waals surface area contributed by atoms with Crippen LogP contribution in [-0.4, -0.2) is 68.4 Å². The van der Waals surface area contributed by atoms with Crippen molar-refractivity contribution >= 4 is 0 Å². The first-order chi connectivity index (χ1) is 10.0. The Labute approximate surface area is 127 Å². The molecule has 2 atom stereocenters. The van der Waals surface area contributed by atoms with Crippen LogP contribution in [0.4, 0.5) is 0 Å². The standard InChI is InChI=1S/C16H26N2O3/c1-12-10-17(2)7-8-18(12)11-15(19)14-9-13(20-3)5-6-16(14)21-4/h5-6,9,12,15,19H,7-8,10-11H2,1-4H3/t12-,15+/m0/s1. The zero-order valence-electron chi connectivity index (χ0n) is 13.4. The van der Waals surface area contributed by atoms with E-state index in [1.165, 1.54) is 0 Å². The van der Waals surface area contributed by atoms with Crippen LogP contribution in [0.3, 0.4) is 0 Å². The fourth-order valence-electron chi connectivity index (χ4n) is 2.87. The molecule has 0 aliphatic carbocycles. The normalized spacial score (nSPS) is 22.0. The summed E-state index contributed by atoms with van der Waals surface area (Å²) in [6.45, 7) is 5.85. The molecule has 5 nitrogen and oxygen atoms in total. The maximum absolute atomic E-state index is 10.6. The molecule has 118 valence electrons. The molecular weight excluding hydrogens is 268 g/mol. The number of β-amino-alcohol motifs (C(OH)–C–C–N with tert-alkyl or cyclic N) is 1. The molecule has 1 heterocycles. The molecular formula is C16H26N2O3. The lowest BCUT2D eigenvalue weighted by molar-refractivity contribution is 0.0464. The molecule has 0 spiro atoms. The van der Waals surface area contributed by atoms with Crippen LogP contribution in [0.2, 0.25) is 0 Å². The van der Waals surface area contributed by atoms with Crippen molar-refractivity contribution in [3.63, 3.8) is 0 Å². The highest BCUT2D eigenvalue weighted by Gasteiger charge is 2.25.